The molecule has 2 N–H and O–H groups in total. The molecule has 0 saturated heterocycles. The molecule has 27 heavy (non-hydrogen) atoms. The van der Waals surface area contributed by atoms with Crippen molar-refractivity contribution in [2.75, 3.05) is 13.6 Å². The Kier molecular flexibility index (Phi) is 7.39. The molecule has 0 aliphatic heterocycles. The lowest BCUT2D eigenvalue weighted by atomic mass is 9.91. The number of benzene rings is 1. The van der Waals surface area contributed by atoms with Crippen molar-refractivity contribution < 1.29 is 14.4 Å². The Morgan fingerprint density at radius 1 is 1.11 bits per heavy atom. The van der Waals surface area contributed by atoms with Crippen LogP contribution in [0.25, 0.3) is 0 Å². The van der Waals surface area contributed by atoms with Gasteiger partial charge in [-0.1, -0.05) is 44.4 Å². The van der Waals surface area contributed by atoms with Gasteiger partial charge in [-0.15, -0.1) is 0 Å². The Morgan fingerprint density at radius 2 is 1.74 bits per heavy atom. The molecular weight excluding hydrogens is 342 g/mol. The first-order chi connectivity index (χ1) is 12.9. The topological polar surface area (TPSA) is 78.5 Å². The molecule has 0 radical (unpaired) electrons. The fraction of sp³-hybridized carbons (Fsp3) is 0.571. The standard InChI is InChI=1S/C21H31N3O3/c1-4-21(2,20(27)23-17-13-9-6-10-14-17)24(3)18(25)15-22-19(26)16-11-7-5-8-12-16/h5,7-8,11-12,17H,4,6,9-10,13-15H2,1-3H3,(H,22,26)(H,23,27)/t21-/m1/s1. The summed E-state index contributed by atoms with van der Waals surface area (Å²) in [5, 5.41) is 5.75. The van der Waals surface area contributed by atoms with Gasteiger partial charge in [-0.25, -0.2) is 0 Å². The SMILES string of the molecule is CC[C@](C)(C(=O)NC1CCCCC1)N(C)C(=O)CNC(=O)c1ccccc1. The van der Waals surface area contributed by atoms with Gasteiger partial charge in [-0.05, 0) is 38.3 Å². The lowest BCUT2D eigenvalue weighted by Crippen LogP contribution is -2.60. The summed E-state index contributed by atoms with van der Waals surface area (Å²) in [6.07, 6.45) is 5.98. The zero-order valence-electron chi connectivity index (χ0n) is 16.6. The van der Waals surface area contributed by atoms with Crippen LogP contribution in [0.3, 0.4) is 0 Å². The van der Waals surface area contributed by atoms with E-state index in [0.717, 1.165) is 25.7 Å². The van der Waals surface area contributed by atoms with Gasteiger partial charge >= 0.3 is 0 Å². The van der Waals surface area contributed by atoms with Crippen LogP contribution < -0.4 is 10.6 Å². The third kappa shape index (κ3) is 5.31. The van der Waals surface area contributed by atoms with Gasteiger partial charge in [0.15, 0.2) is 0 Å². The highest BCUT2D eigenvalue weighted by atomic mass is 16.2. The van der Waals surface area contributed by atoms with Crippen LogP contribution in [0.2, 0.25) is 0 Å². The van der Waals surface area contributed by atoms with Crippen LogP contribution in [0, 0.1) is 0 Å². The van der Waals surface area contributed by atoms with Crippen molar-refractivity contribution in [3.63, 3.8) is 0 Å². The molecule has 0 unspecified atom stereocenters. The minimum Gasteiger partial charge on any atom is -0.351 e. The van der Waals surface area contributed by atoms with Crippen LogP contribution in [0.1, 0.15) is 62.7 Å². The van der Waals surface area contributed by atoms with E-state index >= 15 is 0 Å². The van der Waals surface area contributed by atoms with Crippen LogP contribution in [0.4, 0.5) is 0 Å². The highest BCUT2D eigenvalue weighted by Gasteiger charge is 2.39. The van der Waals surface area contributed by atoms with Gasteiger partial charge in [0.05, 0.1) is 6.54 Å². The molecule has 0 aromatic heterocycles. The largest absolute Gasteiger partial charge is 0.351 e. The van der Waals surface area contributed by atoms with E-state index in [0.29, 0.717) is 12.0 Å². The molecule has 1 aliphatic rings. The average Bonchev–Trinajstić information content (AvgIpc) is 2.71. The molecule has 0 heterocycles. The molecule has 1 saturated carbocycles. The number of nitrogens with one attached hydrogen (secondary N) is 2. The number of hydrogen-bond donors (Lipinski definition) is 2. The Bertz CT molecular complexity index is 656. The molecule has 1 atom stereocenters. The zero-order chi connectivity index (χ0) is 19.9. The smallest absolute Gasteiger partial charge is 0.251 e. The fourth-order valence-electron chi connectivity index (χ4n) is 3.38. The summed E-state index contributed by atoms with van der Waals surface area (Å²) in [6, 6.07) is 8.94. The van der Waals surface area contributed by atoms with Crippen molar-refractivity contribution in [2.45, 2.75) is 64.0 Å². The summed E-state index contributed by atoms with van der Waals surface area (Å²) >= 11 is 0. The molecule has 2 rings (SSSR count). The Labute approximate surface area is 161 Å². The van der Waals surface area contributed by atoms with E-state index < -0.39 is 5.54 Å². The van der Waals surface area contributed by atoms with Gasteiger partial charge < -0.3 is 15.5 Å². The van der Waals surface area contributed by atoms with Crippen molar-refractivity contribution >= 4 is 17.7 Å². The molecule has 0 spiro atoms. The van der Waals surface area contributed by atoms with Crippen molar-refractivity contribution in [2.24, 2.45) is 0 Å². The van der Waals surface area contributed by atoms with E-state index in [1.165, 1.54) is 11.3 Å². The maximum atomic E-state index is 12.9. The van der Waals surface area contributed by atoms with Gasteiger partial charge in [0.25, 0.3) is 5.91 Å². The number of nitrogens with zero attached hydrogens (tertiary/aromatic N) is 1. The number of hydrogen-bond acceptors (Lipinski definition) is 3. The third-order valence-corrected chi connectivity index (χ3v) is 5.67. The summed E-state index contributed by atoms with van der Waals surface area (Å²) in [7, 11) is 1.63. The Balaban J connectivity index is 1.94. The first-order valence-electron chi connectivity index (χ1n) is 9.79. The number of carbonyl (C=O) groups is 3. The van der Waals surface area contributed by atoms with E-state index in [1.54, 1.807) is 38.2 Å². The minimum atomic E-state index is -0.938. The molecule has 0 bridgehead atoms. The van der Waals surface area contributed by atoms with E-state index in [-0.39, 0.29) is 30.3 Å². The normalized spacial score (nSPS) is 16.9. The quantitative estimate of drug-likeness (QED) is 0.771. The second-order valence-corrected chi connectivity index (χ2v) is 7.44. The third-order valence-electron chi connectivity index (χ3n) is 5.67. The van der Waals surface area contributed by atoms with Crippen molar-refractivity contribution in [3.8, 4) is 0 Å². The van der Waals surface area contributed by atoms with Crippen LogP contribution in [0.15, 0.2) is 30.3 Å². The van der Waals surface area contributed by atoms with E-state index in [2.05, 4.69) is 10.6 Å². The number of carbonyl (C=O) groups excluding carboxylic acids is 3. The second-order valence-electron chi connectivity index (χ2n) is 7.44. The summed E-state index contributed by atoms with van der Waals surface area (Å²) in [5.41, 5.74) is -0.437. The van der Waals surface area contributed by atoms with Gasteiger partial charge in [0.1, 0.15) is 5.54 Å². The van der Waals surface area contributed by atoms with Gasteiger partial charge in [-0.3, -0.25) is 14.4 Å². The predicted molar refractivity (Wildman–Crippen MR) is 105 cm³/mol. The van der Waals surface area contributed by atoms with Crippen molar-refractivity contribution in [3.05, 3.63) is 35.9 Å². The molecule has 6 heteroatoms. The molecule has 148 valence electrons. The van der Waals surface area contributed by atoms with E-state index in [9.17, 15) is 14.4 Å². The fourth-order valence-corrected chi connectivity index (χ4v) is 3.38. The maximum absolute atomic E-state index is 12.9. The van der Waals surface area contributed by atoms with E-state index in [1.807, 2.05) is 13.0 Å². The maximum Gasteiger partial charge on any atom is 0.251 e. The van der Waals surface area contributed by atoms with Crippen LogP contribution in [0.5, 0.6) is 0 Å². The molecule has 1 aromatic rings. The predicted octanol–water partition coefficient (Wildman–Crippen LogP) is 2.49. The van der Waals surface area contributed by atoms with Gasteiger partial charge in [-0.2, -0.15) is 0 Å². The van der Waals surface area contributed by atoms with Gasteiger partial charge in [0.2, 0.25) is 11.8 Å². The second kappa shape index (κ2) is 9.53. The van der Waals surface area contributed by atoms with Crippen LogP contribution in [-0.2, 0) is 9.59 Å². The Hall–Kier alpha value is -2.37. The van der Waals surface area contributed by atoms with Gasteiger partial charge in [0, 0.05) is 18.7 Å². The molecule has 3 amide bonds. The highest BCUT2D eigenvalue weighted by molar-refractivity contribution is 5.97. The molecular formula is C21H31N3O3. The van der Waals surface area contributed by atoms with Crippen molar-refractivity contribution in [1.82, 2.24) is 15.5 Å². The number of rotatable bonds is 7. The lowest BCUT2D eigenvalue weighted by Gasteiger charge is -2.38. The number of amides is 3. The molecule has 1 aromatic carbocycles. The lowest BCUT2D eigenvalue weighted by molar-refractivity contribution is -0.145. The minimum absolute atomic E-state index is 0.123. The highest BCUT2D eigenvalue weighted by Crippen LogP contribution is 2.22. The summed E-state index contributed by atoms with van der Waals surface area (Å²) in [4.78, 5) is 39.1. The Morgan fingerprint density at radius 3 is 2.33 bits per heavy atom. The summed E-state index contributed by atoms with van der Waals surface area (Å²) < 4.78 is 0. The summed E-state index contributed by atoms with van der Waals surface area (Å²) in [6.45, 7) is 3.53. The molecule has 6 nitrogen and oxygen atoms in total. The van der Waals surface area contributed by atoms with Crippen molar-refractivity contribution in [1.29, 1.82) is 0 Å². The molecule has 1 aliphatic carbocycles. The average molecular weight is 373 g/mol. The zero-order valence-corrected chi connectivity index (χ0v) is 16.6. The van der Waals surface area contributed by atoms with Crippen LogP contribution >= 0.6 is 0 Å². The monoisotopic (exact) mass is 373 g/mol. The first-order valence-corrected chi connectivity index (χ1v) is 9.79. The molecule has 1 fully saturated rings. The van der Waals surface area contributed by atoms with E-state index in [4.69, 9.17) is 0 Å². The number of likely N-dealkylation sites (N-methyl/N-ethyl adjacent to an activating group) is 1. The summed E-state index contributed by atoms with van der Waals surface area (Å²) in [5.74, 6) is -0.716. The van der Waals surface area contributed by atoms with Crippen LogP contribution in [-0.4, -0.2) is 47.8 Å². The first kappa shape index (κ1) is 20.9.